The molecule has 1 aliphatic rings. The maximum atomic E-state index is 3.41. The van der Waals surface area contributed by atoms with E-state index in [1.807, 2.05) is 11.3 Å². The van der Waals surface area contributed by atoms with Gasteiger partial charge in [0, 0.05) is 34.6 Å². The van der Waals surface area contributed by atoms with E-state index in [-0.39, 0.29) is 0 Å². The van der Waals surface area contributed by atoms with Gasteiger partial charge in [-0.1, -0.05) is 6.92 Å². The van der Waals surface area contributed by atoms with Crippen molar-refractivity contribution in [1.29, 1.82) is 0 Å². The Balaban J connectivity index is 1.93. The average molecular weight is 284 g/mol. The van der Waals surface area contributed by atoms with Crippen molar-refractivity contribution in [3.05, 3.63) is 21.4 Å². The Labute approximate surface area is 119 Å². The first-order valence-electron chi connectivity index (χ1n) is 6.77. The van der Waals surface area contributed by atoms with Gasteiger partial charge >= 0.3 is 0 Å². The largest absolute Gasteiger partial charge is 0.312 e. The SMILES string of the molecule is CCNCc1cc(CN(C)C2CCSC2)c(C)s1. The lowest BCUT2D eigenvalue weighted by molar-refractivity contribution is 0.254. The van der Waals surface area contributed by atoms with Crippen LogP contribution in [0.5, 0.6) is 0 Å². The van der Waals surface area contributed by atoms with Crippen molar-refractivity contribution in [2.75, 3.05) is 25.1 Å². The smallest absolute Gasteiger partial charge is 0.0299 e. The molecule has 1 unspecified atom stereocenters. The molecule has 0 amide bonds. The van der Waals surface area contributed by atoms with Crippen LogP contribution in [0, 0.1) is 6.92 Å². The van der Waals surface area contributed by atoms with Gasteiger partial charge in [-0.05, 0) is 44.3 Å². The van der Waals surface area contributed by atoms with Gasteiger partial charge in [0.05, 0.1) is 0 Å². The number of nitrogens with one attached hydrogen (secondary N) is 1. The van der Waals surface area contributed by atoms with E-state index in [1.165, 1.54) is 33.2 Å². The lowest BCUT2D eigenvalue weighted by Crippen LogP contribution is -2.30. The van der Waals surface area contributed by atoms with Gasteiger partial charge < -0.3 is 5.32 Å². The van der Waals surface area contributed by atoms with Crippen LogP contribution in [0.15, 0.2) is 6.07 Å². The summed E-state index contributed by atoms with van der Waals surface area (Å²) in [4.78, 5) is 5.49. The van der Waals surface area contributed by atoms with Gasteiger partial charge in [0.15, 0.2) is 0 Å². The summed E-state index contributed by atoms with van der Waals surface area (Å²) in [6, 6.07) is 3.17. The summed E-state index contributed by atoms with van der Waals surface area (Å²) in [5, 5.41) is 3.41. The summed E-state index contributed by atoms with van der Waals surface area (Å²) in [7, 11) is 2.28. The number of hydrogen-bond donors (Lipinski definition) is 1. The first-order chi connectivity index (χ1) is 8.70. The van der Waals surface area contributed by atoms with Crippen LogP contribution in [0.1, 0.15) is 28.7 Å². The van der Waals surface area contributed by atoms with E-state index >= 15 is 0 Å². The molecule has 1 aromatic heterocycles. The molecule has 0 aromatic carbocycles. The number of nitrogens with zero attached hydrogens (tertiary/aromatic N) is 1. The molecule has 0 spiro atoms. The number of rotatable bonds is 6. The fourth-order valence-electron chi connectivity index (χ4n) is 2.35. The maximum absolute atomic E-state index is 3.41. The predicted octanol–water partition coefficient (Wildman–Crippen LogP) is 3.10. The van der Waals surface area contributed by atoms with E-state index in [9.17, 15) is 0 Å². The van der Waals surface area contributed by atoms with Crippen molar-refractivity contribution in [3.63, 3.8) is 0 Å². The lowest BCUT2D eigenvalue weighted by atomic mass is 10.2. The summed E-state index contributed by atoms with van der Waals surface area (Å²) in [6.07, 6.45) is 1.36. The molecule has 0 bridgehead atoms. The third kappa shape index (κ3) is 3.73. The fraction of sp³-hybridized carbons (Fsp3) is 0.714. The molecule has 1 N–H and O–H groups in total. The highest BCUT2D eigenvalue weighted by Crippen LogP contribution is 2.26. The Kier molecular flexibility index (Phi) is 5.55. The lowest BCUT2D eigenvalue weighted by Gasteiger charge is -2.23. The molecule has 0 aliphatic carbocycles. The van der Waals surface area contributed by atoms with Gasteiger partial charge in [-0.15, -0.1) is 11.3 Å². The second-order valence-corrected chi connectivity index (χ2v) is 7.50. The number of thiophene rings is 1. The summed E-state index contributed by atoms with van der Waals surface area (Å²) >= 11 is 4.04. The molecule has 2 rings (SSSR count). The Morgan fingerprint density at radius 1 is 1.50 bits per heavy atom. The van der Waals surface area contributed by atoms with Crippen molar-refractivity contribution in [2.24, 2.45) is 0 Å². The van der Waals surface area contributed by atoms with E-state index in [4.69, 9.17) is 0 Å². The minimum Gasteiger partial charge on any atom is -0.312 e. The zero-order chi connectivity index (χ0) is 13.0. The second kappa shape index (κ2) is 6.94. The Morgan fingerprint density at radius 2 is 2.33 bits per heavy atom. The van der Waals surface area contributed by atoms with Crippen LogP contribution in [-0.2, 0) is 13.1 Å². The van der Waals surface area contributed by atoms with Crippen LogP contribution in [-0.4, -0.2) is 36.0 Å². The zero-order valence-electron chi connectivity index (χ0n) is 11.7. The first kappa shape index (κ1) is 14.4. The van der Waals surface area contributed by atoms with Gasteiger partial charge in [-0.3, -0.25) is 4.90 Å². The minimum atomic E-state index is 0.784. The molecule has 1 aliphatic heterocycles. The van der Waals surface area contributed by atoms with Crippen LogP contribution >= 0.6 is 23.1 Å². The predicted molar refractivity (Wildman–Crippen MR) is 83.6 cm³/mol. The summed E-state index contributed by atoms with van der Waals surface area (Å²) < 4.78 is 0. The Hall–Kier alpha value is -0.0300. The van der Waals surface area contributed by atoms with E-state index in [2.05, 4.69) is 48.9 Å². The molecule has 1 fully saturated rings. The minimum absolute atomic E-state index is 0.784. The van der Waals surface area contributed by atoms with Crippen molar-refractivity contribution >= 4 is 23.1 Å². The molecule has 1 atom stereocenters. The summed E-state index contributed by atoms with van der Waals surface area (Å²) in [6.45, 7) is 7.59. The Morgan fingerprint density at radius 3 is 3.00 bits per heavy atom. The van der Waals surface area contributed by atoms with Crippen LogP contribution < -0.4 is 5.32 Å². The van der Waals surface area contributed by atoms with Crippen LogP contribution in [0.25, 0.3) is 0 Å². The topological polar surface area (TPSA) is 15.3 Å². The highest BCUT2D eigenvalue weighted by Gasteiger charge is 2.20. The normalized spacial score (nSPS) is 19.9. The average Bonchev–Trinajstić information content (AvgIpc) is 2.97. The van der Waals surface area contributed by atoms with E-state index in [0.717, 1.165) is 25.7 Å². The number of aryl methyl sites for hydroxylation is 1. The van der Waals surface area contributed by atoms with Gasteiger partial charge in [0.1, 0.15) is 0 Å². The van der Waals surface area contributed by atoms with Crippen LogP contribution in [0.3, 0.4) is 0 Å². The third-order valence-corrected chi connectivity index (χ3v) is 5.81. The van der Waals surface area contributed by atoms with Gasteiger partial charge in [-0.2, -0.15) is 11.8 Å². The third-order valence-electron chi connectivity index (χ3n) is 3.57. The van der Waals surface area contributed by atoms with Gasteiger partial charge in [0.25, 0.3) is 0 Å². The van der Waals surface area contributed by atoms with Crippen molar-refractivity contribution in [2.45, 2.75) is 39.4 Å². The van der Waals surface area contributed by atoms with Crippen LogP contribution in [0.4, 0.5) is 0 Å². The van der Waals surface area contributed by atoms with E-state index < -0.39 is 0 Å². The van der Waals surface area contributed by atoms with Crippen molar-refractivity contribution in [3.8, 4) is 0 Å². The molecule has 1 saturated heterocycles. The highest BCUT2D eigenvalue weighted by molar-refractivity contribution is 7.99. The quantitative estimate of drug-likeness (QED) is 0.864. The van der Waals surface area contributed by atoms with E-state index in [0.29, 0.717) is 0 Å². The Bertz CT molecular complexity index is 370. The standard InChI is InChI=1S/C14H24N2S2/c1-4-15-8-14-7-12(11(2)18-14)9-16(3)13-5-6-17-10-13/h7,13,15H,4-6,8-10H2,1-3H3. The van der Waals surface area contributed by atoms with E-state index in [1.54, 1.807) is 0 Å². The molecule has 0 saturated carbocycles. The zero-order valence-corrected chi connectivity index (χ0v) is 13.3. The number of hydrogen-bond acceptors (Lipinski definition) is 4. The van der Waals surface area contributed by atoms with Crippen LogP contribution in [0.2, 0.25) is 0 Å². The molecule has 2 nitrogen and oxygen atoms in total. The summed E-state index contributed by atoms with van der Waals surface area (Å²) in [5.74, 6) is 2.65. The highest BCUT2D eigenvalue weighted by atomic mass is 32.2. The molecule has 1 aromatic rings. The second-order valence-electron chi connectivity index (χ2n) is 5.01. The fourth-order valence-corrected chi connectivity index (χ4v) is 4.67. The maximum Gasteiger partial charge on any atom is 0.0299 e. The molecule has 4 heteroatoms. The van der Waals surface area contributed by atoms with Gasteiger partial charge in [0.2, 0.25) is 0 Å². The molecule has 2 heterocycles. The van der Waals surface area contributed by atoms with Crippen molar-refractivity contribution < 1.29 is 0 Å². The molecule has 0 radical (unpaired) electrons. The monoisotopic (exact) mass is 284 g/mol. The first-order valence-corrected chi connectivity index (χ1v) is 8.74. The molecular weight excluding hydrogens is 260 g/mol. The van der Waals surface area contributed by atoms with Crippen molar-refractivity contribution in [1.82, 2.24) is 10.2 Å². The molecule has 102 valence electrons. The van der Waals surface area contributed by atoms with Gasteiger partial charge in [-0.25, -0.2) is 0 Å². The molecular formula is C14H24N2S2. The number of thioether (sulfide) groups is 1. The molecule has 18 heavy (non-hydrogen) atoms. The summed E-state index contributed by atoms with van der Waals surface area (Å²) in [5.41, 5.74) is 1.52.